The van der Waals surface area contributed by atoms with Gasteiger partial charge in [-0.3, -0.25) is 0 Å². The van der Waals surface area contributed by atoms with Crippen molar-refractivity contribution in [2.45, 2.75) is 298 Å². The summed E-state index contributed by atoms with van der Waals surface area (Å²) >= 11 is 0. The van der Waals surface area contributed by atoms with Gasteiger partial charge in [-0.25, -0.2) is 4.70 Å². The summed E-state index contributed by atoms with van der Waals surface area (Å²) in [5.74, 6) is 0. The average molecular weight is 966 g/mol. The molecule has 2 aromatic rings. The normalized spacial score (nSPS) is 12.3. The predicted molar refractivity (Wildman–Crippen MR) is 298 cm³/mol. The molecule has 0 amide bonds. The molecule has 0 aromatic heterocycles. The van der Waals surface area contributed by atoms with E-state index in [1.165, 1.54) is 252 Å². The van der Waals surface area contributed by atoms with Crippen LogP contribution < -0.4 is 0 Å². The molecule has 1 aliphatic rings. The molecule has 0 bridgehead atoms. The summed E-state index contributed by atoms with van der Waals surface area (Å²) in [7, 11) is 0. The van der Waals surface area contributed by atoms with Gasteiger partial charge < -0.3 is 19.4 Å². The van der Waals surface area contributed by atoms with Crippen LogP contribution in [0.25, 0.3) is 16.9 Å². The second-order valence-electron chi connectivity index (χ2n) is 20.0. The summed E-state index contributed by atoms with van der Waals surface area (Å²) in [6, 6.07) is 18.2. The zero-order chi connectivity index (χ0) is 48.1. The zero-order valence-corrected chi connectivity index (χ0v) is 46.5. The van der Waals surface area contributed by atoms with Gasteiger partial charge >= 0.3 is 16.5 Å². The molecule has 2 aromatic carbocycles. The van der Waals surface area contributed by atoms with Crippen molar-refractivity contribution in [3.63, 3.8) is 0 Å². The standard InChI is InChI=1S/C44H68N2.2C10H21.Ni/c1-5-9-13-16-19-22-28-38-30-26-32-40(36-38)44-42(34-24-21-18-15-11-7-3)41(33-23-20-17-14-10-6-2)43(46(44)45)39-31-25-29-37(35-39)27-12-8-4;2*1-3-5-7-9-10-8-6-4-2;/h25-26,29-32,35-36H,5-24,27-28,33-34H2,1-4H3;2*1,3-10H2,2H3;/q;2*-1;+2. The topological polar surface area (TPSA) is 25.3 Å². The molecule has 0 unspecified atom stereocenters. The molecule has 0 N–H and O–H groups in total. The molecule has 3 rings (SSSR count). The molecule has 67 heavy (non-hydrogen) atoms. The van der Waals surface area contributed by atoms with Crippen molar-refractivity contribution >= 4 is 11.4 Å². The molecular weight excluding hydrogens is 855 g/mol. The maximum absolute atomic E-state index is 12.2. The molecule has 0 saturated carbocycles. The van der Waals surface area contributed by atoms with Gasteiger partial charge in [0.15, 0.2) is 0 Å². The Morgan fingerprint density at radius 1 is 0.343 bits per heavy atom. The minimum absolute atomic E-state index is 0. The fraction of sp³-hybridized carbons (Fsp3) is 0.719. The summed E-state index contributed by atoms with van der Waals surface area (Å²) in [5, 5.41) is 0. The van der Waals surface area contributed by atoms with Crippen LogP contribution in [0.2, 0.25) is 0 Å². The van der Waals surface area contributed by atoms with Crippen molar-refractivity contribution in [3.05, 3.63) is 101 Å². The molecule has 2 nitrogen and oxygen atoms in total. The monoisotopic (exact) mass is 965 g/mol. The molecule has 0 aliphatic carbocycles. The van der Waals surface area contributed by atoms with E-state index < -0.39 is 0 Å². The number of nitrogens with zero attached hydrogens (tertiary/aromatic N) is 2. The van der Waals surface area contributed by atoms with Crippen LogP contribution in [0.15, 0.2) is 59.7 Å². The van der Waals surface area contributed by atoms with Crippen LogP contribution in [0.4, 0.5) is 0 Å². The Balaban J connectivity index is 0.00000172. The SMILES string of the molecule is CCCCCCCCC1=C(c2cccc(CCCC)c2)[N+](=[N-])C(c2cccc(CCCCCCCC)c2)=C1CCCCCCCC.[CH2-]CCCCCCCCC.[CH2-]CCCCCCCCC.[Ni+2]. The first-order chi connectivity index (χ1) is 32.5. The van der Waals surface area contributed by atoms with Crippen LogP contribution in [0.1, 0.15) is 308 Å². The van der Waals surface area contributed by atoms with E-state index >= 15 is 0 Å². The van der Waals surface area contributed by atoms with Crippen LogP contribution in [0.3, 0.4) is 0 Å². The van der Waals surface area contributed by atoms with E-state index in [1.54, 1.807) is 4.70 Å². The first kappa shape index (κ1) is 65.0. The van der Waals surface area contributed by atoms with Gasteiger partial charge in [-0.05, 0) is 86.8 Å². The minimum atomic E-state index is 0. The van der Waals surface area contributed by atoms with Crippen LogP contribution in [-0.4, -0.2) is 4.70 Å². The second kappa shape index (κ2) is 47.7. The van der Waals surface area contributed by atoms with E-state index in [2.05, 4.69) is 104 Å². The molecule has 0 atom stereocenters. The first-order valence-corrected chi connectivity index (χ1v) is 29.2. The van der Waals surface area contributed by atoms with Gasteiger partial charge in [-0.15, -0.1) is 0 Å². The van der Waals surface area contributed by atoms with Gasteiger partial charge in [0.05, 0.1) is 0 Å². The number of allylic oxidation sites excluding steroid dienone is 2. The first-order valence-electron chi connectivity index (χ1n) is 29.2. The van der Waals surface area contributed by atoms with Gasteiger partial charge in [0.25, 0.3) is 0 Å². The van der Waals surface area contributed by atoms with E-state index in [0.717, 1.165) is 49.9 Å². The third kappa shape index (κ3) is 31.8. The molecule has 1 aliphatic heterocycles. The van der Waals surface area contributed by atoms with Gasteiger partial charge in [0.1, 0.15) is 0 Å². The number of benzene rings is 2. The second-order valence-corrected chi connectivity index (χ2v) is 20.0. The Hall–Kier alpha value is -1.99. The van der Waals surface area contributed by atoms with E-state index in [9.17, 15) is 5.53 Å². The molecule has 0 radical (unpaired) electrons. The van der Waals surface area contributed by atoms with Crippen LogP contribution >= 0.6 is 0 Å². The van der Waals surface area contributed by atoms with Crippen LogP contribution in [0, 0.1) is 13.8 Å². The Kier molecular flexibility index (Phi) is 46.3. The third-order valence-corrected chi connectivity index (χ3v) is 13.7. The Morgan fingerprint density at radius 3 is 0.925 bits per heavy atom. The number of rotatable bonds is 40. The number of aryl methyl sites for hydroxylation is 2. The number of unbranched alkanes of at least 4 members (excludes halogenated alkanes) is 30. The zero-order valence-electron chi connectivity index (χ0n) is 45.5. The predicted octanol–water partition coefficient (Wildman–Crippen LogP) is 22.5. The van der Waals surface area contributed by atoms with E-state index in [1.807, 2.05) is 0 Å². The molecule has 1 heterocycles. The van der Waals surface area contributed by atoms with Crippen LogP contribution in [0.5, 0.6) is 0 Å². The molecule has 3 heteroatoms. The maximum Gasteiger partial charge on any atom is 2.00 e. The third-order valence-electron chi connectivity index (χ3n) is 13.7. The smallest absolute Gasteiger partial charge is 0.493 e. The van der Waals surface area contributed by atoms with Gasteiger partial charge in [-0.1, -0.05) is 258 Å². The fourth-order valence-corrected chi connectivity index (χ4v) is 9.46. The molecule has 386 valence electrons. The van der Waals surface area contributed by atoms with Crippen molar-refractivity contribution in [3.8, 4) is 0 Å². The number of hydrogen-bond donors (Lipinski definition) is 0. The van der Waals surface area contributed by atoms with Gasteiger partial charge in [-0.2, -0.15) is 12.8 Å². The summed E-state index contributed by atoms with van der Waals surface area (Å²) in [6.45, 7) is 21.3. The van der Waals surface area contributed by atoms with E-state index in [-0.39, 0.29) is 16.5 Å². The van der Waals surface area contributed by atoms with Crippen molar-refractivity contribution in [2.75, 3.05) is 0 Å². The Morgan fingerprint density at radius 2 is 0.612 bits per heavy atom. The van der Waals surface area contributed by atoms with Gasteiger partial charge in [0.2, 0.25) is 11.4 Å². The van der Waals surface area contributed by atoms with Crippen molar-refractivity contribution in [1.29, 1.82) is 0 Å². The van der Waals surface area contributed by atoms with Gasteiger partial charge in [0, 0.05) is 22.3 Å². The van der Waals surface area contributed by atoms with Crippen molar-refractivity contribution in [1.82, 2.24) is 0 Å². The van der Waals surface area contributed by atoms with Crippen LogP contribution in [-0.2, 0) is 29.3 Å². The number of hydrogen-bond acceptors (Lipinski definition) is 0. The summed E-state index contributed by atoms with van der Waals surface area (Å²) in [6.07, 6.45) is 52.0. The van der Waals surface area contributed by atoms with E-state index in [0.29, 0.717) is 0 Å². The molecule has 0 fully saturated rings. The quantitative estimate of drug-likeness (QED) is 0.0275. The van der Waals surface area contributed by atoms with E-state index in [4.69, 9.17) is 0 Å². The summed E-state index contributed by atoms with van der Waals surface area (Å²) < 4.78 is 1.61. The Bertz CT molecular complexity index is 1450. The van der Waals surface area contributed by atoms with Crippen molar-refractivity contribution in [2.24, 2.45) is 0 Å². The average Bonchev–Trinajstić information content (AvgIpc) is 3.61. The largest absolute Gasteiger partial charge is 2.00 e. The Labute approximate surface area is 430 Å². The molecular formula is C64H110N2Ni. The maximum atomic E-state index is 12.2. The summed E-state index contributed by atoms with van der Waals surface area (Å²) in [5.41, 5.74) is 22.3. The minimum Gasteiger partial charge on any atom is -0.493 e. The molecule has 0 saturated heterocycles. The summed E-state index contributed by atoms with van der Waals surface area (Å²) in [4.78, 5) is 0. The molecule has 0 spiro atoms. The fourth-order valence-electron chi connectivity index (χ4n) is 9.46. The van der Waals surface area contributed by atoms with Crippen molar-refractivity contribution < 1.29 is 21.2 Å².